The van der Waals surface area contributed by atoms with E-state index in [9.17, 15) is 18.3 Å². The average molecular weight is 313 g/mol. The average Bonchev–Trinajstić information content (AvgIpc) is 2.41. The lowest BCUT2D eigenvalue weighted by atomic mass is 9.96. The van der Waals surface area contributed by atoms with Gasteiger partial charge >= 0.3 is 5.97 Å². The van der Waals surface area contributed by atoms with Gasteiger partial charge in [-0.3, -0.25) is 4.79 Å². The largest absolute Gasteiger partial charge is 0.481 e. The number of nitrogens with zero attached hydrogens (tertiary/aromatic N) is 1. The summed E-state index contributed by atoms with van der Waals surface area (Å²) >= 11 is 0. The molecule has 0 aromatic heterocycles. The van der Waals surface area contributed by atoms with Gasteiger partial charge < -0.3 is 10.2 Å². The maximum absolute atomic E-state index is 12.6. The molecule has 1 heterocycles. The van der Waals surface area contributed by atoms with Crippen molar-refractivity contribution in [3.63, 3.8) is 0 Å². The van der Waals surface area contributed by atoms with Crippen LogP contribution in [0.4, 0.5) is 0 Å². The first kappa shape index (κ1) is 15.9. The van der Waals surface area contributed by atoms with E-state index in [1.165, 1.54) is 6.07 Å². The molecule has 6 nitrogen and oxygen atoms in total. The molecule has 1 fully saturated rings. The Morgan fingerprint density at radius 2 is 1.95 bits per heavy atom. The van der Waals surface area contributed by atoms with Gasteiger partial charge in [-0.2, -0.15) is 4.31 Å². The second kappa shape index (κ2) is 5.75. The molecule has 1 saturated heterocycles. The van der Waals surface area contributed by atoms with E-state index in [2.05, 4.69) is 0 Å². The third-order valence-electron chi connectivity index (χ3n) is 3.97. The number of carboxylic acids is 1. The molecule has 1 aromatic carbocycles. The van der Waals surface area contributed by atoms with Gasteiger partial charge in [0, 0.05) is 13.1 Å². The van der Waals surface area contributed by atoms with E-state index in [0.717, 1.165) is 15.4 Å². The standard InChI is InChI=1S/C14H19NO5S/c1-9-3-4-11(7-10(9)2)21(19,20)15-6-5-13(16)12(8-15)14(17)18/h3-4,7,12-13,16H,5-6,8H2,1-2H3,(H,17,18)/t12-,13-/m0/s1. The summed E-state index contributed by atoms with van der Waals surface area (Å²) < 4.78 is 26.3. The SMILES string of the molecule is Cc1ccc(S(=O)(=O)N2CC[C@H](O)[C@@H](C(=O)O)C2)cc1C. The lowest BCUT2D eigenvalue weighted by Gasteiger charge is -2.33. The molecule has 1 aromatic rings. The Hall–Kier alpha value is -1.44. The monoisotopic (exact) mass is 313 g/mol. The van der Waals surface area contributed by atoms with Gasteiger partial charge in [-0.1, -0.05) is 6.07 Å². The summed E-state index contributed by atoms with van der Waals surface area (Å²) in [5.74, 6) is -2.26. The summed E-state index contributed by atoms with van der Waals surface area (Å²) in [7, 11) is -3.73. The van der Waals surface area contributed by atoms with Crippen LogP contribution in [-0.2, 0) is 14.8 Å². The number of rotatable bonds is 3. The number of hydrogen-bond acceptors (Lipinski definition) is 4. The van der Waals surface area contributed by atoms with E-state index in [1.54, 1.807) is 12.1 Å². The summed E-state index contributed by atoms with van der Waals surface area (Å²) in [6.07, 6.45) is -0.880. The summed E-state index contributed by atoms with van der Waals surface area (Å²) in [5, 5.41) is 18.7. The summed E-state index contributed by atoms with van der Waals surface area (Å²) in [6, 6.07) is 4.85. The number of carbonyl (C=O) groups is 1. The van der Waals surface area contributed by atoms with Crippen molar-refractivity contribution in [3.8, 4) is 0 Å². The van der Waals surface area contributed by atoms with Gasteiger partial charge in [0.25, 0.3) is 0 Å². The predicted octanol–water partition coefficient (Wildman–Crippen LogP) is 0.760. The van der Waals surface area contributed by atoms with Gasteiger partial charge in [0.05, 0.1) is 16.9 Å². The van der Waals surface area contributed by atoms with Crippen LogP contribution in [0, 0.1) is 19.8 Å². The Balaban J connectivity index is 2.31. The molecule has 0 amide bonds. The number of carboxylic acid groups (broad SMARTS) is 1. The molecule has 2 rings (SSSR count). The highest BCUT2D eigenvalue weighted by Gasteiger charge is 2.38. The fourth-order valence-electron chi connectivity index (χ4n) is 2.39. The van der Waals surface area contributed by atoms with Crippen molar-refractivity contribution in [2.75, 3.05) is 13.1 Å². The van der Waals surface area contributed by atoms with Crippen molar-refractivity contribution >= 4 is 16.0 Å². The van der Waals surface area contributed by atoms with E-state index in [0.29, 0.717) is 0 Å². The second-order valence-corrected chi connectivity index (χ2v) is 7.35. The van der Waals surface area contributed by atoms with Gasteiger partial charge in [-0.05, 0) is 43.5 Å². The topological polar surface area (TPSA) is 94.9 Å². The molecule has 1 aliphatic heterocycles. The second-order valence-electron chi connectivity index (χ2n) is 5.41. The quantitative estimate of drug-likeness (QED) is 0.859. The first-order valence-corrected chi connectivity index (χ1v) is 8.16. The molecule has 2 atom stereocenters. The molecule has 21 heavy (non-hydrogen) atoms. The Morgan fingerprint density at radius 3 is 2.52 bits per heavy atom. The zero-order valence-corrected chi connectivity index (χ0v) is 12.8. The van der Waals surface area contributed by atoms with Crippen LogP contribution in [0.25, 0.3) is 0 Å². The van der Waals surface area contributed by atoms with Crippen molar-refractivity contribution in [1.82, 2.24) is 4.31 Å². The number of piperidine rings is 1. The Morgan fingerprint density at radius 1 is 1.29 bits per heavy atom. The first-order valence-electron chi connectivity index (χ1n) is 6.71. The number of benzene rings is 1. The van der Waals surface area contributed by atoms with E-state index < -0.39 is 28.0 Å². The van der Waals surface area contributed by atoms with Crippen LogP contribution in [0.2, 0.25) is 0 Å². The maximum Gasteiger partial charge on any atom is 0.310 e. The molecular weight excluding hydrogens is 294 g/mol. The molecule has 1 aliphatic rings. The van der Waals surface area contributed by atoms with Crippen LogP contribution >= 0.6 is 0 Å². The lowest BCUT2D eigenvalue weighted by Crippen LogP contribution is -2.48. The third kappa shape index (κ3) is 3.09. The highest BCUT2D eigenvalue weighted by Crippen LogP contribution is 2.25. The first-order chi connectivity index (χ1) is 9.73. The molecule has 7 heteroatoms. The molecular formula is C14H19NO5S. The number of aryl methyl sites for hydroxylation is 2. The van der Waals surface area contributed by atoms with Crippen molar-refractivity contribution in [2.45, 2.75) is 31.3 Å². The van der Waals surface area contributed by atoms with Crippen molar-refractivity contribution in [1.29, 1.82) is 0 Å². The minimum atomic E-state index is -3.73. The van der Waals surface area contributed by atoms with E-state index >= 15 is 0 Å². The maximum atomic E-state index is 12.6. The minimum Gasteiger partial charge on any atom is -0.481 e. The molecule has 0 saturated carbocycles. The van der Waals surface area contributed by atoms with Gasteiger partial charge in [0.2, 0.25) is 10.0 Å². The molecule has 0 spiro atoms. The predicted molar refractivity (Wildman–Crippen MR) is 76.4 cm³/mol. The van der Waals surface area contributed by atoms with Crippen LogP contribution in [0.3, 0.4) is 0 Å². The molecule has 116 valence electrons. The zero-order chi connectivity index (χ0) is 15.8. The van der Waals surface area contributed by atoms with E-state index in [1.807, 2.05) is 13.8 Å². The lowest BCUT2D eigenvalue weighted by molar-refractivity contribution is -0.147. The van der Waals surface area contributed by atoms with Gasteiger partial charge in [0.1, 0.15) is 0 Å². The normalized spacial score (nSPS) is 24.0. The van der Waals surface area contributed by atoms with Crippen LogP contribution in [-0.4, -0.2) is 48.1 Å². The summed E-state index contributed by atoms with van der Waals surface area (Å²) in [4.78, 5) is 11.2. The number of aliphatic carboxylic acids is 1. The van der Waals surface area contributed by atoms with Gasteiger partial charge in [-0.15, -0.1) is 0 Å². The Bertz CT molecular complexity index is 655. The van der Waals surface area contributed by atoms with Crippen molar-refractivity contribution in [2.24, 2.45) is 5.92 Å². The van der Waals surface area contributed by atoms with Crippen molar-refractivity contribution < 1.29 is 23.4 Å². The molecule has 0 bridgehead atoms. The highest BCUT2D eigenvalue weighted by atomic mass is 32.2. The molecule has 0 aliphatic carbocycles. The van der Waals surface area contributed by atoms with Crippen LogP contribution in [0.1, 0.15) is 17.5 Å². The zero-order valence-electron chi connectivity index (χ0n) is 12.0. The van der Waals surface area contributed by atoms with Crippen LogP contribution in [0.15, 0.2) is 23.1 Å². The molecule has 2 N–H and O–H groups in total. The van der Waals surface area contributed by atoms with Crippen LogP contribution < -0.4 is 0 Å². The number of aliphatic hydroxyl groups is 1. The highest BCUT2D eigenvalue weighted by molar-refractivity contribution is 7.89. The third-order valence-corrected chi connectivity index (χ3v) is 5.83. The minimum absolute atomic E-state index is 0.125. The van der Waals surface area contributed by atoms with E-state index in [4.69, 9.17) is 5.11 Å². The number of hydrogen-bond donors (Lipinski definition) is 2. The van der Waals surface area contributed by atoms with E-state index in [-0.39, 0.29) is 24.4 Å². The fraction of sp³-hybridized carbons (Fsp3) is 0.500. The fourth-order valence-corrected chi connectivity index (χ4v) is 3.96. The summed E-state index contributed by atoms with van der Waals surface area (Å²) in [6.45, 7) is 3.64. The number of aliphatic hydroxyl groups excluding tert-OH is 1. The van der Waals surface area contributed by atoms with Gasteiger partial charge in [0.15, 0.2) is 0 Å². The van der Waals surface area contributed by atoms with Crippen LogP contribution in [0.5, 0.6) is 0 Å². The molecule has 0 radical (unpaired) electrons. The summed E-state index contributed by atoms with van der Waals surface area (Å²) in [5.41, 5.74) is 1.86. The number of sulfonamides is 1. The Labute approximate surface area is 124 Å². The van der Waals surface area contributed by atoms with Crippen molar-refractivity contribution in [3.05, 3.63) is 29.3 Å². The molecule has 0 unspecified atom stereocenters. The smallest absolute Gasteiger partial charge is 0.310 e. The Kier molecular flexibility index (Phi) is 4.36. The van der Waals surface area contributed by atoms with Gasteiger partial charge in [-0.25, -0.2) is 8.42 Å².